The number of nitrogens with zero attached hydrogens (tertiary/aromatic N) is 1. The number of aliphatic imine (C=N–C) groups is 1. The first-order valence-corrected chi connectivity index (χ1v) is 12.7. The van der Waals surface area contributed by atoms with E-state index < -0.39 is 64.8 Å². The van der Waals surface area contributed by atoms with E-state index in [2.05, 4.69) is 10.3 Å². The number of rotatable bonds is 12. The molecule has 6 atom stereocenters. The number of ether oxygens (including phenoxy) is 1. The van der Waals surface area contributed by atoms with Crippen molar-refractivity contribution >= 4 is 33.8 Å². The molecule has 1 heterocycles. The summed E-state index contributed by atoms with van der Waals surface area (Å²) in [6, 6.07) is -0.928. The Morgan fingerprint density at radius 3 is 2.28 bits per heavy atom. The van der Waals surface area contributed by atoms with Crippen molar-refractivity contribution in [2.45, 2.75) is 71.7 Å². The number of carbonyl (C=O) groups is 2. The van der Waals surface area contributed by atoms with E-state index in [0.29, 0.717) is 6.29 Å². The minimum atomic E-state index is -4.52. The average Bonchev–Trinajstić information content (AvgIpc) is 2.97. The van der Waals surface area contributed by atoms with Crippen LogP contribution >= 0.6 is 15.6 Å². The van der Waals surface area contributed by atoms with Gasteiger partial charge in [0.1, 0.15) is 30.6 Å². The lowest BCUT2D eigenvalue weighted by atomic mass is 10.2. The molecule has 1 rings (SSSR count). The lowest BCUT2D eigenvalue weighted by molar-refractivity contribution is -0.109. The van der Waals surface area contributed by atoms with E-state index >= 15 is 0 Å². The maximum atomic E-state index is 12.2. The molecule has 0 aliphatic carbocycles. The van der Waals surface area contributed by atoms with E-state index in [9.17, 15) is 28.5 Å². The molecule has 1 aliphatic rings. The molecule has 0 spiro atoms. The van der Waals surface area contributed by atoms with Crippen molar-refractivity contribution < 1.29 is 51.3 Å². The number of phosphoric acid groups is 2. The molecule has 0 bridgehead atoms. The van der Waals surface area contributed by atoms with E-state index in [-0.39, 0.29) is 12.3 Å². The van der Waals surface area contributed by atoms with Crippen molar-refractivity contribution in [3.8, 4) is 0 Å². The molecule has 32 heavy (non-hydrogen) atoms. The zero-order chi connectivity index (χ0) is 24.7. The van der Waals surface area contributed by atoms with E-state index in [1.807, 2.05) is 0 Å². The normalized spacial score (nSPS) is 26.5. The van der Waals surface area contributed by atoms with E-state index in [1.54, 1.807) is 0 Å². The summed E-state index contributed by atoms with van der Waals surface area (Å²) < 4.78 is 49.3. The number of hydrogen-bond acceptors (Lipinski definition) is 9. The van der Waals surface area contributed by atoms with Gasteiger partial charge in [0.15, 0.2) is 0 Å². The van der Waals surface area contributed by atoms with Gasteiger partial charge in [0.05, 0.1) is 24.7 Å². The molecule has 0 radical (unpaired) electrons. The Bertz CT molecular complexity index is 776. The predicted molar refractivity (Wildman–Crippen MR) is 112 cm³/mol. The standard InChI is InChI=1S/C16H31N3O11P2/c1-9(2)28-31(22,23)26-8-13-12(30-32(24,25)29-10(3)4)6-14(27-13)18-16(21)19-15(17)11(5)7-20/h7,9-14H,6,8H2,1-5H3,(H,22,23)(H,24,25)(H3,17,18,19,21)/t11?,12?,13-,14-/m1/s1. The third kappa shape index (κ3) is 10.6. The zero-order valence-electron chi connectivity index (χ0n) is 18.4. The topological polar surface area (TPSA) is 205 Å². The number of hydrogen-bond donors (Lipinski definition) is 4. The highest BCUT2D eigenvalue weighted by Gasteiger charge is 2.43. The van der Waals surface area contributed by atoms with E-state index in [4.69, 9.17) is 28.6 Å². The second-order valence-corrected chi connectivity index (χ2v) is 10.3. The first-order valence-electron chi connectivity index (χ1n) is 9.74. The van der Waals surface area contributed by atoms with E-state index in [1.165, 1.54) is 34.6 Å². The van der Waals surface area contributed by atoms with Crippen molar-refractivity contribution in [2.75, 3.05) is 6.61 Å². The Balaban J connectivity index is 2.90. The van der Waals surface area contributed by atoms with Gasteiger partial charge in [0, 0.05) is 6.42 Å². The van der Waals surface area contributed by atoms with Gasteiger partial charge in [-0.25, -0.2) is 13.9 Å². The van der Waals surface area contributed by atoms with Crippen LogP contribution in [0.25, 0.3) is 0 Å². The van der Waals surface area contributed by atoms with Crippen molar-refractivity contribution in [1.82, 2.24) is 5.32 Å². The summed E-state index contributed by atoms with van der Waals surface area (Å²) in [7, 11) is -8.96. The van der Waals surface area contributed by atoms with Crippen LogP contribution in [0.1, 0.15) is 41.0 Å². The van der Waals surface area contributed by atoms with E-state index in [0.717, 1.165) is 0 Å². The van der Waals surface area contributed by atoms with Crippen LogP contribution in [-0.4, -0.2) is 65.2 Å². The number of nitrogens with one attached hydrogen (secondary N) is 1. The number of urea groups is 1. The van der Waals surface area contributed by atoms with Crippen molar-refractivity contribution in [3.05, 3.63) is 0 Å². The van der Waals surface area contributed by atoms with Crippen LogP contribution in [-0.2, 0) is 36.8 Å². The summed E-state index contributed by atoms with van der Waals surface area (Å²) in [5.74, 6) is -1.00. The van der Waals surface area contributed by atoms with Gasteiger partial charge in [-0.05, 0) is 34.6 Å². The highest BCUT2D eigenvalue weighted by molar-refractivity contribution is 7.47. The zero-order valence-corrected chi connectivity index (χ0v) is 20.2. The molecule has 1 saturated heterocycles. The molecule has 5 N–H and O–H groups in total. The van der Waals surface area contributed by atoms with Crippen LogP contribution < -0.4 is 11.1 Å². The van der Waals surface area contributed by atoms with Crippen molar-refractivity contribution in [1.29, 1.82) is 0 Å². The molecular weight excluding hydrogens is 472 g/mol. The van der Waals surface area contributed by atoms with Gasteiger partial charge in [-0.3, -0.25) is 18.1 Å². The molecule has 0 aromatic rings. The summed E-state index contributed by atoms with van der Waals surface area (Å²) in [6.45, 7) is 6.98. The monoisotopic (exact) mass is 503 g/mol. The number of aldehydes is 1. The van der Waals surface area contributed by atoms with Crippen LogP contribution in [0.2, 0.25) is 0 Å². The van der Waals surface area contributed by atoms with Crippen LogP contribution in [0.4, 0.5) is 4.79 Å². The fourth-order valence-electron chi connectivity index (χ4n) is 2.45. The minimum Gasteiger partial charge on any atom is -0.386 e. The highest BCUT2D eigenvalue weighted by atomic mass is 31.2. The molecule has 1 aliphatic heterocycles. The van der Waals surface area contributed by atoms with Crippen molar-refractivity contribution in [2.24, 2.45) is 16.6 Å². The van der Waals surface area contributed by atoms with Crippen LogP contribution in [0.5, 0.6) is 0 Å². The van der Waals surface area contributed by atoms with Gasteiger partial charge >= 0.3 is 21.7 Å². The number of nitrogens with two attached hydrogens (primary N) is 1. The maximum absolute atomic E-state index is 12.2. The SMILES string of the molecule is CC(C)OP(=O)(O)OC[C@H]1O[C@@H](NC(=O)N=C(N)C(C)C=O)CC1OP(=O)(O)OC(C)C. The summed E-state index contributed by atoms with van der Waals surface area (Å²) >= 11 is 0. The minimum absolute atomic E-state index is 0.148. The molecule has 0 aromatic heterocycles. The Morgan fingerprint density at radius 1 is 1.19 bits per heavy atom. The maximum Gasteiger partial charge on any atom is 0.472 e. The highest BCUT2D eigenvalue weighted by Crippen LogP contribution is 2.49. The van der Waals surface area contributed by atoms with Crippen LogP contribution in [0.3, 0.4) is 0 Å². The fourth-order valence-corrected chi connectivity index (χ4v) is 4.53. The Kier molecular flexibility index (Phi) is 11.1. The van der Waals surface area contributed by atoms with Crippen LogP contribution in [0.15, 0.2) is 4.99 Å². The van der Waals surface area contributed by atoms with Gasteiger partial charge in [-0.15, -0.1) is 0 Å². The molecule has 2 amide bonds. The smallest absolute Gasteiger partial charge is 0.386 e. The quantitative estimate of drug-likeness (QED) is 0.129. The first kappa shape index (κ1) is 28.8. The van der Waals surface area contributed by atoms with Gasteiger partial charge in [-0.2, -0.15) is 4.99 Å². The second-order valence-electron chi connectivity index (χ2n) is 7.49. The van der Waals surface area contributed by atoms with Crippen molar-refractivity contribution in [3.63, 3.8) is 0 Å². The second kappa shape index (κ2) is 12.3. The third-order valence-electron chi connectivity index (χ3n) is 3.74. The molecular formula is C16H31N3O11P2. The lowest BCUT2D eigenvalue weighted by Gasteiger charge is -2.23. The summed E-state index contributed by atoms with van der Waals surface area (Å²) in [5.41, 5.74) is 5.54. The largest absolute Gasteiger partial charge is 0.472 e. The van der Waals surface area contributed by atoms with Gasteiger partial charge in [0.2, 0.25) is 0 Å². The summed E-state index contributed by atoms with van der Waals surface area (Å²) in [4.78, 5) is 45.9. The fraction of sp³-hybridized carbons (Fsp3) is 0.812. The molecule has 0 saturated carbocycles. The number of amides is 2. The number of amidine groups is 1. The molecule has 186 valence electrons. The molecule has 14 nitrogen and oxygen atoms in total. The van der Waals surface area contributed by atoms with Crippen LogP contribution in [0, 0.1) is 5.92 Å². The molecule has 1 fully saturated rings. The first-order chi connectivity index (χ1) is 14.6. The average molecular weight is 503 g/mol. The Hall–Kier alpha value is -1.21. The Labute approximate surface area is 186 Å². The summed E-state index contributed by atoms with van der Waals surface area (Å²) in [6.07, 6.45) is -4.27. The summed E-state index contributed by atoms with van der Waals surface area (Å²) in [5, 5.41) is 2.35. The predicted octanol–water partition coefficient (Wildman–Crippen LogP) is 1.46. The lowest BCUT2D eigenvalue weighted by Crippen LogP contribution is -2.35. The molecule has 0 aromatic carbocycles. The third-order valence-corrected chi connectivity index (χ3v) is 6.13. The number of phosphoric ester groups is 2. The van der Waals surface area contributed by atoms with Gasteiger partial charge in [0.25, 0.3) is 0 Å². The number of carbonyl (C=O) groups excluding carboxylic acids is 2. The molecule has 16 heteroatoms. The Morgan fingerprint density at radius 2 is 1.75 bits per heavy atom. The molecule has 4 unspecified atom stereocenters. The van der Waals surface area contributed by atoms with Gasteiger partial charge in [-0.1, -0.05) is 0 Å². The van der Waals surface area contributed by atoms with Gasteiger partial charge < -0.3 is 30.4 Å².